The zero-order valence-corrected chi connectivity index (χ0v) is 23.3. The number of allylic oxidation sites excluding steroid dienone is 2. The van der Waals surface area contributed by atoms with E-state index in [4.69, 9.17) is 19.7 Å². The highest BCUT2D eigenvalue weighted by molar-refractivity contribution is 5.79. The summed E-state index contributed by atoms with van der Waals surface area (Å²) < 4.78 is 6.51. The van der Waals surface area contributed by atoms with Crippen LogP contribution in [0.4, 0.5) is 0 Å². The van der Waals surface area contributed by atoms with Crippen LogP contribution in [-0.4, -0.2) is 21.1 Å². The van der Waals surface area contributed by atoms with Crippen LogP contribution in [-0.2, 0) is 0 Å². The first-order chi connectivity index (χ1) is 21.3. The number of rotatable bonds is 5. The Hall–Kier alpha value is -5.61. The molecule has 5 aromatic carbocycles. The molecule has 1 aliphatic heterocycles. The summed E-state index contributed by atoms with van der Waals surface area (Å²) in [5.74, 6) is 2.87. The summed E-state index contributed by atoms with van der Waals surface area (Å²) >= 11 is 0. The summed E-state index contributed by atoms with van der Waals surface area (Å²) in [5.41, 5.74) is 8.46. The normalized spacial score (nSPS) is 16.4. The fourth-order valence-corrected chi connectivity index (χ4v) is 5.94. The highest BCUT2D eigenvalue weighted by Gasteiger charge is 2.36. The molecule has 0 bridgehead atoms. The van der Waals surface area contributed by atoms with Crippen molar-refractivity contribution in [3.63, 3.8) is 0 Å². The van der Waals surface area contributed by atoms with Crippen molar-refractivity contribution in [1.82, 2.24) is 15.0 Å². The van der Waals surface area contributed by atoms with E-state index in [-0.39, 0.29) is 12.0 Å². The van der Waals surface area contributed by atoms with Gasteiger partial charge in [-0.25, -0.2) is 15.0 Å². The third-order valence-electron chi connectivity index (χ3n) is 8.09. The second kappa shape index (κ2) is 10.7. The highest BCUT2D eigenvalue weighted by Crippen LogP contribution is 2.48. The molecule has 6 aromatic rings. The van der Waals surface area contributed by atoms with Gasteiger partial charge in [0.1, 0.15) is 11.9 Å². The van der Waals surface area contributed by atoms with Crippen molar-refractivity contribution < 1.29 is 4.74 Å². The molecule has 2 aliphatic rings. The Balaban J connectivity index is 1.32. The minimum absolute atomic E-state index is 0.0507. The van der Waals surface area contributed by atoms with Crippen molar-refractivity contribution in [3.8, 4) is 62.2 Å². The van der Waals surface area contributed by atoms with Gasteiger partial charge in [0.25, 0.3) is 0 Å². The first-order valence-corrected chi connectivity index (χ1v) is 14.5. The van der Waals surface area contributed by atoms with Crippen molar-refractivity contribution in [2.75, 3.05) is 0 Å². The summed E-state index contributed by atoms with van der Waals surface area (Å²) in [4.78, 5) is 15.2. The van der Waals surface area contributed by atoms with E-state index in [0.29, 0.717) is 17.5 Å². The van der Waals surface area contributed by atoms with E-state index in [2.05, 4.69) is 109 Å². The Morgan fingerprint density at radius 1 is 0.442 bits per heavy atom. The van der Waals surface area contributed by atoms with Crippen molar-refractivity contribution in [2.24, 2.45) is 0 Å². The fourth-order valence-electron chi connectivity index (χ4n) is 5.94. The molecule has 2 unspecified atom stereocenters. The van der Waals surface area contributed by atoms with Crippen LogP contribution < -0.4 is 4.74 Å². The second-order valence-corrected chi connectivity index (χ2v) is 10.8. The third kappa shape index (κ3) is 4.73. The predicted octanol–water partition coefficient (Wildman–Crippen LogP) is 9.18. The number of ether oxygens (including phenoxy) is 1. The third-order valence-corrected chi connectivity index (χ3v) is 8.09. The number of hydrogen-bond acceptors (Lipinski definition) is 4. The molecule has 1 aliphatic carbocycles. The number of hydrogen-bond donors (Lipinski definition) is 0. The molecule has 0 fully saturated rings. The second-order valence-electron chi connectivity index (χ2n) is 10.8. The van der Waals surface area contributed by atoms with Crippen LogP contribution in [0.1, 0.15) is 11.5 Å². The Morgan fingerprint density at radius 2 is 0.930 bits per heavy atom. The van der Waals surface area contributed by atoms with Crippen LogP contribution in [0.3, 0.4) is 0 Å². The van der Waals surface area contributed by atoms with Gasteiger partial charge in [-0.2, -0.15) is 0 Å². The van der Waals surface area contributed by atoms with E-state index >= 15 is 0 Å². The highest BCUT2D eigenvalue weighted by atomic mass is 16.5. The lowest BCUT2D eigenvalue weighted by molar-refractivity contribution is 0.269. The molecule has 0 saturated carbocycles. The summed E-state index contributed by atoms with van der Waals surface area (Å²) in [6, 6.07) is 43.7. The fraction of sp³-hybridized carbons (Fsp3) is 0.0513. The van der Waals surface area contributed by atoms with E-state index in [9.17, 15) is 0 Å². The van der Waals surface area contributed by atoms with Crippen LogP contribution in [0, 0.1) is 0 Å². The maximum atomic E-state index is 6.51. The van der Waals surface area contributed by atoms with Crippen molar-refractivity contribution >= 4 is 0 Å². The summed E-state index contributed by atoms with van der Waals surface area (Å²) in [7, 11) is 0. The lowest BCUT2D eigenvalue weighted by Gasteiger charge is -2.16. The average Bonchev–Trinajstić information content (AvgIpc) is 3.47. The Morgan fingerprint density at radius 3 is 1.58 bits per heavy atom. The number of aromatic nitrogens is 3. The molecule has 2 heterocycles. The average molecular weight is 554 g/mol. The number of nitrogens with zero attached hydrogens (tertiary/aromatic N) is 3. The molecule has 4 heteroatoms. The van der Waals surface area contributed by atoms with E-state index in [0.717, 1.165) is 44.7 Å². The van der Waals surface area contributed by atoms with Gasteiger partial charge >= 0.3 is 0 Å². The van der Waals surface area contributed by atoms with Crippen molar-refractivity contribution in [1.29, 1.82) is 0 Å². The summed E-state index contributed by atoms with van der Waals surface area (Å²) in [5, 5.41) is 0. The quantitative estimate of drug-likeness (QED) is 0.214. The maximum absolute atomic E-state index is 6.51. The molecule has 0 amide bonds. The van der Waals surface area contributed by atoms with Gasteiger partial charge in [-0.3, -0.25) is 0 Å². The molecule has 43 heavy (non-hydrogen) atoms. The Labute approximate surface area is 250 Å². The van der Waals surface area contributed by atoms with Crippen molar-refractivity contribution in [2.45, 2.75) is 12.0 Å². The molecule has 0 saturated heterocycles. The SMILES string of the molecule is C1=CC2Oc3cc(-c4ccccc4)cc(-c4nc(-c5ccccc5)nc(-c5ccc(-c6ccccc6)cc5)n4)c3C2C=C1. The van der Waals surface area contributed by atoms with Gasteiger partial charge < -0.3 is 4.74 Å². The van der Waals surface area contributed by atoms with Gasteiger partial charge in [0, 0.05) is 28.2 Å². The van der Waals surface area contributed by atoms with Crippen LogP contribution in [0.2, 0.25) is 0 Å². The zero-order valence-electron chi connectivity index (χ0n) is 23.3. The van der Waals surface area contributed by atoms with Crippen LogP contribution in [0.5, 0.6) is 5.75 Å². The lowest BCUT2D eigenvalue weighted by Crippen LogP contribution is -2.16. The standard InChI is InChI=1S/C39H27N3O/c1-4-12-26(13-5-1)28-20-22-30(23-21-28)38-40-37(29-16-8-3-9-17-29)41-39(42-38)33-24-31(27-14-6-2-7-15-27)25-35-36(33)32-18-10-11-19-34(32)43-35/h1-25,32,34H. The molecule has 2 atom stereocenters. The van der Waals surface area contributed by atoms with Gasteiger partial charge in [0.15, 0.2) is 17.5 Å². The van der Waals surface area contributed by atoms with Crippen LogP contribution in [0.15, 0.2) is 152 Å². The summed E-state index contributed by atoms with van der Waals surface area (Å²) in [6.45, 7) is 0. The monoisotopic (exact) mass is 553 g/mol. The summed E-state index contributed by atoms with van der Waals surface area (Å²) in [6.07, 6.45) is 8.43. The minimum atomic E-state index is -0.0507. The Kier molecular flexibility index (Phi) is 6.23. The molecule has 0 radical (unpaired) electrons. The molecule has 204 valence electrons. The van der Waals surface area contributed by atoms with E-state index < -0.39 is 0 Å². The van der Waals surface area contributed by atoms with Gasteiger partial charge in [-0.15, -0.1) is 0 Å². The molecule has 8 rings (SSSR count). The van der Waals surface area contributed by atoms with E-state index in [1.165, 1.54) is 5.56 Å². The Bertz CT molecular complexity index is 1980. The van der Waals surface area contributed by atoms with E-state index in [1.54, 1.807) is 0 Å². The molecule has 0 spiro atoms. The van der Waals surface area contributed by atoms with Gasteiger partial charge in [-0.05, 0) is 40.5 Å². The maximum Gasteiger partial charge on any atom is 0.164 e. The minimum Gasteiger partial charge on any atom is -0.485 e. The molecular weight excluding hydrogens is 526 g/mol. The number of fused-ring (bicyclic) bond motifs is 3. The first kappa shape index (κ1) is 25.1. The lowest BCUT2D eigenvalue weighted by atomic mass is 9.87. The predicted molar refractivity (Wildman–Crippen MR) is 172 cm³/mol. The molecule has 0 N–H and O–H groups in total. The van der Waals surface area contributed by atoms with Crippen molar-refractivity contribution in [3.05, 3.63) is 157 Å². The molecule has 1 aromatic heterocycles. The topological polar surface area (TPSA) is 47.9 Å². The largest absolute Gasteiger partial charge is 0.485 e. The van der Waals surface area contributed by atoms with Gasteiger partial charge in [0.2, 0.25) is 0 Å². The number of benzene rings is 5. The van der Waals surface area contributed by atoms with E-state index in [1.807, 2.05) is 42.5 Å². The van der Waals surface area contributed by atoms with Gasteiger partial charge in [-0.1, -0.05) is 133 Å². The van der Waals surface area contributed by atoms with Gasteiger partial charge in [0.05, 0.1) is 0 Å². The molecular formula is C39H27N3O. The zero-order chi connectivity index (χ0) is 28.6. The smallest absolute Gasteiger partial charge is 0.164 e. The molecule has 4 nitrogen and oxygen atoms in total. The first-order valence-electron chi connectivity index (χ1n) is 14.5. The van der Waals surface area contributed by atoms with Crippen LogP contribution >= 0.6 is 0 Å². The van der Waals surface area contributed by atoms with Crippen LogP contribution in [0.25, 0.3) is 56.4 Å².